The second-order valence-electron chi connectivity index (χ2n) is 2.64. The molecule has 0 saturated heterocycles. The smallest absolute Gasteiger partial charge is 0.242 e. The van der Waals surface area contributed by atoms with E-state index in [1.54, 1.807) is 11.9 Å². The number of amides is 1. The SMILES string of the molecule is CC.CN1C(=O)C[n+]2ccccc21.[Y]. The Kier molecular flexibility index (Phi) is 6.13. The molecule has 2 heterocycles. The Balaban J connectivity index is 0.000000531. The Morgan fingerprint density at radius 2 is 2.00 bits per heavy atom. The summed E-state index contributed by atoms with van der Waals surface area (Å²) in [7, 11) is 1.79. The van der Waals surface area contributed by atoms with E-state index < -0.39 is 0 Å². The summed E-state index contributed by atoms with van der Waals surface area (Å²) < 4.78 is 1.93. The molecular formula is C10H15N2OY+. The van der Waals surface area contributed by atoms with Gasteiger partial charge in [0.1, 0.15) is 0 Å². The second-order valence-corrected chi connectivity index (χ2v) is 2.64. The zero-order valence-corrected chi connectivity index (χ0v) is 11.7. The molecule has 4 heteroatoms. The molecule has 0 aromatic carbocycles. The van der Waals surface area contributed by atoms with Crippen LogP contribution in [0.4, 0.5) is 5.82 Å². The molecule has 0 atom stereocenters. The molecule has 0 spiro atoms. The van der Waals surface area contributed by atoms with Crippen LogP contribution in [0.1, 0.15) is 13.8 Å². The van der Waals surface area contributed by atoms with E-state index in [0.29, 0.717) is 6.54 Å². The molecule has 1 aromatic rings. The van der Waals surface area contributed by atoms with Crippen LogP contribution in [0.15, 0.2) is 24.4 Å². The summed E-state index contributed by atoms with van der Waals surface area (Å²) in [6.45, 7) is 4.48. The maximum absolute atomic E-state index is 11.1. The van der Waals surface area contributed by atoms with Crippen molar-refractivity contribution in [2.24, 2.45) is 0 Å². The summed E-state index contributed by atoms with van der Waals surface area (Å²) in [5.41, 5.74) is 0. The van der Waals surface area contributed by atoms with E-state index in [1.165, 1.54) is 0 Å². The van der Waals surface area contributed by atoms with Crippen LogP contribution in [0, 0.1) is 0 Å². The first-order chi connectivity index (χ1) is 6.29. The minimum absolute atomic E-state index is 0. The predicted octanol–water partition coefficient (Wildman–Crippen LogP) is 0.974. The fourth-order valence-corrected chi connectivity index (χ4v) is 1.29. The number of aromatic nitrogens is 1. The molecule has 1 aliphatic rings. The molecule has 1 aromatic heterocycles. The molecule has 2 rings (SSSR count). The summed E-state index contributed by atoms with van der Waals surface area (Å²) in [6, 6.07) is 5.79. The average Bonchev–Trinajstić information content (AvgIpc) is 2.47. The van der Waals surface area contributed by atoms with Gasteiger partial charge in [0.05, 0.1) is 13.2 Å². The molecule has 0 aliphatic carbocycles. The van der Waals surface area contributed by atoms with Gasteiger partial charge in [-0.25, -0.2) is 9.36 Å². The summed E-state index contributed by atoms with van der Waals surface area (Å²) in [5.74, 6) is 1.12. The first kappa shape index (κ1) is 13.7. The molecule has 3 nitrogen and oxygen atoms in total. The van der Waals surface area contributed by atoms with Crippen LogP contribution >= 0.6 is 0 Å². The van der Waals surface area contributed by atoms with Gasteiger partial charge in [-0.2, -0.15) is 4.90 Å². The molecule has 1 radical (unpaired) electrons. The number of fused-ring (bicyclic) bond motifs is 1. The minimum Gasteiger partial charge on any atom is -0.242 e. The van der Waals surface area contributed by atoms with Gasteiger partial charge in [0.2, 0.25) is 0 Å². The molecule has 0 fully saturated rings. The third kappa shape index (κ3) is 2.61. The van der Waals surface area contributed by atoms with Gasteiger partial charge in [-0.15, -0.1) is 0 Å². The third-order valence-corrected chi connectivity index (χ3v) is 1.94. The number of nitrogens with zero attached hydrogens (tertiary/aromatic N) is 2. The number of hydrogen-bond acceptors (Lipinski definition) is 1. The van der Waals surface area contributed by atoms with Gasteiger partial charge in [0.25, 0.3) is 5.82 Å². The summed E-state index contributed by atoms with van der Waals surface area (Å²) in [6.07, 6.45) is 1.91. The van der Waals surface area contributed by atoms with Gasteiger partial charge in [-0.1, -0.05) is 19.9 Å². The number of carbonyl (C=O) groups is 1. The molecule has 0 bridgehead atoms. The van der Waals surface area contributed by atoms with Crippen molar-refractivity contribution in [3.05, 3.63) is 24.4 Å². The van der Waals surface area contributed by atoms with Gasteiger partial charge in [-0.3, -0.25) is 0 Å². The third-order valence-electron chi connectivity index (χ3n) is 1.94. The van der Waals surface area contributed by atoms with Crippen LogP contribution in [0.25, 0.3) is 0 Å². The molecule has 0 unspecified atom stereocenters. The summed E-state index contributed by atoms with van der Waals surface area (Å²) in [5, 5.41) is 0. The number of likely N-dealkylation sites (N-methyl/N-ethyl adjacent to an activating group) is 1. The normalized spacial score (nSPS) is 12.5. The Hall–Kier alpha value is -0.276. The van der Waals surface area contributed by atoms with Crippen molar-refractivity contribution >= 4 is 11.7 Å². The van der Waals surface area contributed by atoms with Crippen LogP contribution in [-0.2, 0) is 44.0 Å². The topological polar surface area (TPSA) is 24.2 Å². The van der Waals surface area contributed by atoms with Gasteiger partial charge >= 0.3 is 5.91 Å². The van der Waals surface area contributed by atoms with E-state index in [0.717, 1.165) is 5.82 Å². The van der Waals surface area contributed by atoms with Crippen molar-refractivity contribution in [1.29, 1.82) is 0 Å². The Labute approximate surface area is 110 Å². The molecule has 14 heavy (non-hydrogen) atoms. The average molecular weight is 268 g/mol. The van der Waals surface area contributed by atoms with Crippen molar-refractivity contribution < 1.29 is 42.1 Å². The van der Waals surface area contributed by atoms with E-state index in [2.05, 4.69) is 0 Å². The monoisotopic (exact) mass is 268 g/mol. The maximum Gasteiger partial charge on any atom is 0.351 e. The van der Waals surface area contributed by atoms with E-state index in [4.69, 9.17) is 0 Å². The minimum atomic E-state index is 0. The Morgan fingerprint density at radius 3 is 2.57 bits per heavy atom. The molecular weight excluding hydrogens is 253 g/mol. The zero-order valence-electron chi connectivity index (χ0n) is 8.90. The Morgan fingerprint density at radius 1 is 1.36 bits per heavy atom. The first-order valence-corrected chi connectivity index (χ1v) is 4.54. The molecule has 0 N–H and O–H groups in total. The van der Waals surface area contributed by atoms with Crippen molar-refractivity contribution in [3.8, 4) is 0 Å². The van der Waals surface area contributed by atoms with Crippen LogP contribution in [-0.4, -0.2) is 13.0 Å². The number of hydrogen-bond donors (Lipinski definition) is 0. The quantitative estimate of drug-likeness (QED) is 0.643. The molecule has 73 valence electrons. The van der Waals surface area contributed by atoms with Gasteiger partial charge in [0.15, 0.2) is 6.54 Å². The van der Waals surface area contributed by atoms with Crippen LogP contribution in [0.5, 0.6) is 0 Å². The van der Waals surface area contributed by atoms with Crippen molar-refractivity contribution in [2.45, 2.75) is 20.4 Å². The largest absolute Gasteiger partial charge is 0.351 e. The number of anilines is 1. The van der Waals surface area contributed by atoms with Gasteiger partial charge in [0, 0.05) is 38.8 Å². The van der Waals surface area contributed by atoms with Crippen LogP contribution < -0.4 is 9.47 Å². The zero-order chi connectivity index (χ0) is 9.84. The molecule has 1 aliphatic heterocycles. The first-order valence-electron chi connectivity index (χ1n) is 4.54. The van der Waals surface area contributed by atoms with Gasteiger partial charge < -0.3 is 0 Å². The van der Waals surface area contributed by atoms with Crippen LogP contribution in [0.3, 0.4) is 0 Å². The van der Waals surface area contributed by atoms with E-state index >= 15 is 0 Å². The fraction of sp³-hybridized carbons (Fsp3) is 0.400. The summed E-state index contributed by atoms with van der Waals surface area (Å²) >= 11 is 0. The fourth-order valence-electron chi connectivity index (χ4n) is 1.29. The van der Waals surface area contributed by atoms with E-state index in [9.17, 15) is 4.79 Å². The van der Waals surface area contributed by atoms with Crippen molar-refractivity contribution in [2.75, 3.05) is 11.9 Å². The molecule has 0 saturated carbocycles. The van der Waals surface area contributed by atoms with Crippen LogP contribution in [0.2, 0.25) is 0 Å². The van der Waals surface area contributed by atoms with E-state index in [-0.39, 0.29) is 38.6 Å². The van der Waals surface area contributed by atoms with Gasteiger partial charge in [-0.05, 0) is 6.07 Å². The molecule has 1 amide bonds. The predicted molar refractivity (Wildman–Crippen MR) is 51.4 cm³/mol. The van der Waals surface area contributed by atoms with Crippen molar-refractivity contribution in [1.82, 2.24) is 0 Å². The Bertz CT molecular complexity index is 315. The van der Waals surface area contributed by atoms with Crippen molar-refractivity contribution in [3.63, 3.8) is 0 Å². The maximum atomic E-state index is 11.1. The second kappa shape index (κ2) is 6.25. The van der Waals surface area contributed by atoms with E-state index in [1.807, 2.05) is 42.8 Å². The number of pyridine rings is 1. The number of carbonyl (C=O) groups excluding carboxylic acids is 1. The summed E-state index contributed by atoms with van der Waals surface area (Å²) in [4.78, 5) is 12.8. The standard InChI is InChI=1S/C8H9N2O.C2H6.Y/c1-9-7-4-2-3-5-10(7)6-8(9)11;1-2;/h2-5H,6H2,1H3;1-2H3;/q+1;;. The number of rotatable bonds is 0.